The van der Waals surface area contributed by atoms with Crippen LogP contribution in [-0.4, -0.2) is 12.3 Å². The van der Waals surface area contributed by atoms with Gasteiger partial charge in [-0.25, -0.2) is 0 Å². The van der Waals surface area contributed by atoms with Gasteiger partial charge in [-0.1, -0.05) is 35.5 Å². The van der Waals surface area contributed by atoms with E-state index in [0.29, 0.717) is 23.8 Å². The molecule has 3 aromatic rings. The van der Waals surface area contributed by atoms with Crippen LogP contribution in [0.15, 0.2) is 59.1 Å². The second kappa shape index (κ2) is 6.67. The van der Waals surface area contributed by atoms with Gasteiger partial charge in [0.15, 0.2) is 11.5 Å². The second-order valence-corrected chi connectivity index (χ2v) is 4.83. The van der Waals surface area contributed by atoms with Crippen molar-refractivity contribution in [2.45, 2.75) is 6.61 Å². The lowest BCUT2D eigenvalue weighted by atomic mass is 10.1. The fraction of sp³-hybridized carbons (Fsp3) is 0.111. The Labute approximate surface area is 133 Å². The SMILES string of the molecule is COc1cc(-c2cc(C#N)on2)ccc1OCc1ccccc1. The van der Waals surface area contributed by atoms with Crippen LogP contribution < -0.4 is 9.47 Å². The van der Waals surface area contributed by atoms with E-state index < -0.39 is 0 Å². The van der Waals surface area contributed by atoms with Crippen molar-refractivity contribution >= 4 is 0 Å². The molecule has 0 amide bonds. The average molecular weight is 306 g/mol. The van der Waals surface area contributed by atoms with E-state index in [1.165, 1.54) is 0 Å². The molecular weight excluding hydrogens is 292 g/mol. The molecule has 114 valence electrons. The van der Waals surface area contributed by atoms with Crippen LogP contribution in [0.5, 0.6) is 11.5 Å². The number of nitrogens with zero attached hydrogens (tertiary/aromatic N) is 2. The van der Waals surface area contributed by atoms with Crippen molar-refractivity contribution < 1.29 is 14.0 Å². The topological polar surface area (TPSA) is 68.3 Å². The van der Waals surface area contributed by atoms with E-state index in [1.807, 2.05) is 48.5 Å². The maximum atomic E-state index is 8.79. The quantitative estimate of drug-likeness (QED) is 0.717. The van der Waals surface area contributed by atoms with Gasteiger partial charge >= 0.3 is 0 Å². The summed E-state index contributed by atoms with van der Waals surface area (Å²) in [5.41, 5.74) is 2.45. The van der Waals surface area contributed by atoms with Gasteiger partial charge in [-0.2, -0.15) is 5.26 Å². The summed E-state index contributed by atoms with van der Waals surface area (Å²) in [5.74, 6) is 1.41. The Morgan fingerprint density at radius 1 is 1.09 bits per heavy atom. The number of aromatic nitrogens is 1. The molecule has 0 unspecified atom stereocenters. The first kappa shape index (κ1) is 14.7. The molecule has 0 N–H and O–H groups in total. The van der Waals surface area contributed by atoms with Gasteiger partial charge in [0.1, 0.15) is 18.4 Å². The minimum Gasteiger partial charge on any atom is -0.493 e. The molecule has 0 radical (unpaired) electrons. The second-order valence-electron chi connectivity index (χ2n) is 4.83. The molecule has 5 nitrogen and oxygen atoms in total. The Kier molecular flexibility index (Phi) is 4.25. The third-order valence-corrected chi connectivity index (χ3v) is 3.32. The number of methoxy groups -OCH3 is 1. The Morgan fingerprint density at radius 2 is 1.91 bits per heavy atom. The molecular formula is C18H14N2O3. The molecule has 0 saturated heterocycles. The van der Waals surface area contributed by atoms with Crippen molar-refractivity contribution in [2.24, 2.45) is 0 Å². The number of ether oxygens (including phenoxy) is 2. The molecule has 5 heteroatoms. The van der Waals surface area contributed by atoms with Gasteiger partial charge in [-0.05, 0) is 23.8 Å². The Hall–Kier alpha value is -3.26. The molecule has 0 saturated carbocycles. The largest absolute Gasteiger partial charge is 0.493 e. The summed E-state index contributed by atoms with van der Waals surface area (Å²) in [6, 6.07) is 18.9. The highest BCUT2D eigenvalue weighted by Gasteiger charge is 2.11. The normalized spacial score (nSPS) is 10.1. The fourth-order valence-corrected chi connectivity index (χ4v) is 2.15. The van der Waals surface area contributed by atoms with Crippen LogP contribution in [-0.2, 0) is 6.61 Å². The van der Waals surface area contributed by atoms with Gasteiger partial charge in [0.2, 0.25) is 5.76 Å². The molecule has 0 aliphatic carbocycles. The summed E-state index contributed by atoms with van der Waals surface area (Å²) < 4.78 is 16.1. The third-order valence-electron chi connectivity index (χ3n) is 3.32. The van der Waals surface area contributed by atoms with Crippen molar-refractivity contribution in [1.29, 1.82) is 5.26 Å². The zero-order valence-corrected chi connectivity index (χ0v) is 12.5. The highest BCUT2D eigenvalue weighted by molar-refractivity contribution is 5.64. The molecule has 3 rings (SSSR count). The van der Waals surface area contributed by atoms with Crippen LogP contribution in [0.1, 0.15) is 11.3 Å². The highest BCUT2D eigenvalue weighted by Crippen LogP contribution is 2.32. The standard InChI is InChI=1S/C18H14N2O3/c1-21-18-9-14(16-10-15(11-19)23-20-16)7-8-17(18)22-12-13-5-3-2-4-6-13/h2-10H,12H2,1H3. The monoisotopic (exact) mass is 306 g/mol. The van der Waals surface area contributed by atoms with E-state index in [4.69, 9.17) is 19.3 Å². The van der Waals surface area contributed by atoms with Crippen LogP contribution in [0.4, 0.5) is 0 Å². The predicted molar refractivity (Wildman–Crippen MR) is 84.0 cm³/mol. The smallest absolute Gasteiger partial charge is 0.236 e. The van der Waals surface area contributed by atoms with Crippen molar-refractivity contribution in [1.82, 2.24) is 5.16 Å². The fourth-order valence-electron chi connectivity index (χ4n) is 2.15. The summed E-state index contributed by atoms with van der Waals surface area (Å²) in [4.78, 5) is 0. The molecule has 1 aromatic heterocycles. The van der Waals surface area contributed by atoms with Crippen LogP contribution in [0.2, 0.25) is 0 Å². The van der Waals surface area contributed by atoms with E-state index in [1.54, 1.807) is 19.2 Å². The maximum absolute atomic E-state index is 8.79. The minimum atomic E-state index is 0.170. The van der Waals surface area contributed by atoms with E-state index >= 15 is 0 Å². The Morgan fingerprint density at radius 3 is 2.61 bits per heavy atom. The van der Waals surface area contributed by atoms with Gasteiger partial charge in [-0.15, -0.1) is 0 Å². The van der Waals surface area contributed by atoms with Crippen molar-refractivity contribution in [2.75, 3.05) is 7.11 Å². The van der Waals surface area contributed by atoms with Gasteiger partial charge in [0, 0.05) is 11.6 Å². The summed E-state index contributed by atoms with van der Waals surface area (Å²) >= 11 is 0. The molecule has 0 bridgehead atoms. The lowest BCUT2D eigenvalue weighted by Gasteiger charge is -2.11. The van der Waals surface area contributed by atoms with Gasteiger partial charge in [0.25, 0.3) is 0 Å². The lowest BCUT2D eigenvalue weighted by Crippen LogP contribution is -1.97. The Balaban J connectivity index is 1.81. The summed E-state index contributed by atoms with van der Waals surface area (Å²) in [6.45, 7) is 0.457. The first-order valence-corrected chi connectivity index (χ1v) is 7.02. The molecule has 0 aliphatic heterocycles. The van der Waals surface area contributed by atoms with Crippen LogP contribution in [0.25, 0.3) is 11.3 Å². The molecule has 2 aromatic carbocycles. The summed E-state index contributed by atoms with van der Waals surface area (Å²) in [6.07, 6.45) is 0. The number of rotatable bonds is 5. The van der Waals surface area contributed by atoms with Crippen LogP contribution in [0, 0.1) is 11.3 Å². The number of hydrogen-bond acceptors (Lipinski definition) is 5. The maximum Gasteiger partial charge on any atom is 0.236 e. The first-order chi connectivity index (χ1) is 11.3. The van der Waals surface area contributed by atoms with E-state index in [2.05, 4.69) is 5.16 Å². The first-order valence-electron chi connectivity index (χ1n) is 7.02. The minimum absolute atomic E-state index is 0.170. The Bertz CT molecular complexity index is 835. The third kappa shape index (κ3) is 3.33. The molecule has 1 heterocycles. The zero-order valence-electron chi connectivity index (χ0n) is 12.5. The average Bonchev–Trinajstić information content (AvgIpc) is 3.10. The molecule has 0 spiro atoms. The lowest BCUT2D eigenvalue weighted by molar-refractivity contribution is 0.284. The number of hydrogen-bond donors (Lipinski definition) is 0. The van der Waals surface area contributed by atoms with Gasteiger partial charge in [-0.3, -0.25) is 0 Å². The van der Waals surface area contributed by atoms with Crippen molar-refractivity contribution in [3.63, 3.8) is 0 Å². The van der Waals surface area contributed by atoms with E-state index in [9.17, 15) is 0 Å². The molecule has 0 atom stereocenters. The van der Waals surface area contributed by atoms with Gasteiger partial charge < -0.3 is 14.0 Å². The molecule has 0 fully saturated rings. The van der Waals surface area contributed by atoms with Crippen molar-refractivity contribution in [3.8, 4) is 28.8 Å². The zero-order chi connectivity index (χ0) is 16.1. The van der Waals surface area contributed by atoms with Gasteiger partial charge in [0.05, 0.1) is 7.11 Å². The van der Waals surface area contributed by atoms with Crippen LogP contribution >= 0.6 is 0 Å². The van der Waals surface area contributed by atoms with Crippen LogP contribution in [0.3, 0.4) is 0 Å². The van der Waals surface area contributed by atoms with E-state index in [-0.39, 0.29) is 5.76 Å². The molecule has 23 heavy (non-hydrogen) atoms. The highest BCUT2D eigenvalue weighted by atomic mass is 16.5. The predicted octanol–water partition coefficient (Wildman–Crippen LogP) is 3.80. The summed E-state index contributed by atoms with van der Waals surface area (Å²) in [7, 11) is 1.58. The van der Waals surface area contributed by atoms with E-state index in [0.717, 1.165) is 11.1 Å². The number of nitriles is 1. The summed E-state index contributed by atoms with van der Waals surface area (Å²) in [5, 5.41) is 12.7. The number of benzene rings is 2. The molecule has 0 aliphatic rings. The van der Waals surface area contributed by atoms with Crippen molar-refractivity contribution in [3.05, 3.63) is 65.9 Å².